The first-order valence-corrected chi connectivity index (χ1v) is 6.78. The molecule has 2 N–H and O–H groups in total. The first kappa shape index (κ1) is 14.2. The average molecular weight is 296 g/mol. The number of rotatable bonds is 5. The molecule has 0 spiro atoms. The van der Waals surface area contributed by atoms with E-state index in [2.05, 4.69) is 0 Å². The van der Waals surface area contributed by atoms with Gasteiger partial charge in [-0.15, -0.1) is 0 Å². The van der Waals surface area contributed by atoms with Crippen molar-refractivity contribution in [3.63, 3.8) is 0 Å². The Morgan fingerprint density at radius 3 is 2.37 bits per heavy atom. The van der Waals surface area contributed by atoms with Crippen LogP contribution in [0.3, 0.4) is 0 Å². The summed E-state index contributed by atoms with van der Waals surface area (Å²) >= 11 is 11.8. The number of halogens is 2. The van der Waals surface area contributed by atoms with Gasteiger partial charge in [0.25, 0.3) is 0 Å². The topological polar surface area (TPSA) is 35.2 Å². The fraction of sp³-hybridized carbons (Fsp3) is 0.200. The van der Waals surface area contributed by atoms with Crippen molar-refractivity contribution in [3.05, 3.63) is 64.1 Å². The summed E-state index contributed by atoms with van der Waals surface area (Å²) in [4.78, 5) is 0. The molecule has 2 aromatic carbocycles. The molecule has 0 heterocycles. The number of hydrogen-bond acceptors (Lipinski definition) is 2. The second kappa shape index (κ2) is 6.80. The first-order chi connectivity index (χ1) is 9.19. The highest BCUT2D eigenvalue weighted by atomic mass is 35.5. The fourth-order valence-corrected chi connectivity index (χ4v) is 2.11. The molecule has 0 aliphatic carbocycles. The molecule has 2 aromatic rings. The van der Waals surface area contributed by atoms with Crippen LogP contribution in [0.5, 0.6) is 5.75 Å². The van der Waals surface area contributed by atoms with Crippen LogP contribution in [0.1, 0.15) is 11.5 Å². The van der Waals surface area contributed by atoms with Crippen molar-refractivity contribution in [2.45, 2.75) is 5.92 Å². The summed E-state index contributed by atoms with van der Waals surface area (Å²) in [6.45, 7) is 1.02. The van der Waals surface area contributed by atoms with Crippen molar-refractivity contribution in [1.82, 2.24) is 0 Å². The lowest BCUT2D eigenvalue weighted by Crippen LogP contribution is -2.19. The van der Waals surface area contributed by atoms with Gasteiger partial charge in [0.1, 0.15) is 5.75 Å². The maximum Gasteiger partial charge on any atom is 0.119 e. The van der Waals surface area contributed by atoms with Crippen molar-refractivity contribution in [1.29, 1.82) is 0 Å². The van der Waals surface area contributed by atoms with Crippen LogP contribution in [0, 0.1) is 0 Å². The molecule has 100 valence electrons. The van der Waals surface area contributed by atoms with E-state index < -0.39 is 0 Å². The van der Waals surface area contributed by atoms with Gasteiger partial charge in [-0.25, -0.2) is 0 Å². The predicted molar refractivity (Wildman–Crippen MR) is 80.2 cm³/mol. The molecular formula is C15H15Cl2NO. The number of benzene rings is 2. The number of ether oxygens (including phenoxy) is 1. The van der Waals surface area contributed by atoms with Gasteiger partial charge >= 0.3 is 0 Å². The van der Waals surface area contributed by atoms with Gasteiger partial charge in [-0.3, -0.25) is 0 Å². The van der Waals surface area contributed by atoms with Gasteiger partial charge in [0, 0.05) is 22.5 Å². The minimum atomic E-state index is 0.120. The molecule has 0 amide bonds. The Morgan fingerprint density at radius 2 is 1.74 bits per heavy atom. The Hall–Kier alpha value is -1.22. The van der Waals surface area contributed by atoms with Crippen LogP contribution < -0.4 is 10.5 Å². The number of nitrogens with two attached hydrogens (primary N) is 1. The smallest absolute Gasteiger partial charge is 0.119 e. The van der Waals surface area contributed by atoms with Gasteiger partial charge in [0.05, 0.1) is 6.61 Å². The second-order valence-electron chi connectivity index (χ2n) is 4.25. The Labute approximate surface area is 123 Å². The van der Waals surface area contributed by atoms with Crippen LogP contribution in [-0.4, -0.2) is 13.2 Å². The van der Waals surface area contributed by atoms with Gasteiger partial charge in [0.15, 0.2) is 0 Å². The van der Waals surface area contributed by atoms with Crippen molar-refractivity contribution in [2.24, 2.45) is 5.73 Å². The molecule has 0 bridgehead atoms. The molecule has 2 nitrogen and oxygen atoms in total. The van der Waals surface area contributed by atoms with Crippen LogP contribution in [0.2, 0.25) is 10.0 Å². The summed E-state index contributed by atoms with van der Waals surface area (Å²) in [6.07, 6.45) is 0. The van der Waals surface area contributed by atoms with Crippen molar-refractivity contribution in [2.75, 3.05) is 13.2 Å². The third kappa shape index (κ3) is 4.13. The molecule has 0 aliphatic rings. The molecule has 0 aromatic heterocycles. The van der Waals surface area contributed by atoms with E-state index >= 15 is 0 Å². The van der Waals surface area contributed by atoms with Gasteiger partial charge in [-0.1, -0.05) is 35.3 Å². The molecule has 2 rings (SSSR count). The van der Waals surface area contributed by atoms with Crippen LogP contribution in [0.15, 0.2) is 48.5 Å². The summed E-state index contributed by atoms with van der Waals surface area (Å²) in [5.74, 6) is 0.902. The quantitative estimate of drug-likeness (QED) is 0.901. The average Bonchev–Trinajstić information content (AvgIpc) is 2.42. The van der Waals surface area contributed by atoms with Crippen LogP contribution in [0.25, 0.3) is 0 Å². The standard InChI is InChI=1S/C15H15Cl2NO/c16-13-4-6-15(7-5-13)19-10-12(9-18)11-2-1-3-14(17)8-11/h1-8,12H,9-10,18H2. The third-order valence-electron chi connectivity index (χ3n) is 2.87. The van der Waals surface area contributed by atoms with E-state index in [1.165, 1.54) is 0 Å². The molecular weight excluding hydrogens is 281 g/mol. The zero-order chi connectivity index (χ0) is 13.7. The minimum absolute atomic E-state index is 0.120. The van der Waals surface area contributed by atoms with Gasteiger partial charge < -0.3 is 10.5 Å². The predicted octanol–water partition coefficient (Wildman–Crippen LogP) is 4.11. The third-order valence-corrected chi connectivity index (χ3v) is 3.36. The normalized spacial score (nSPS) is 12.2. The molecule has 0 saturated heterocycles. The monoisotopic (exact) mass is 295 g/mol. The van der Waals surface area contributed by atoms with Crippen molar-refractivity contribution in [3.8, 4) is 5.75 Å². The highest BCUT2D eigenvalue weighted by Gasteiger charge is 2.11. The lowest BCUT2D eigenvalue weighted by molar-refractivity contribution is 0.290. The Morgan fingerprint density at radius 1 is 1.00 bits per heavy atom. The van der Waals surface area contributed by atoms with E-state index in [-0.39, 0.29) is 5.92 Å². The van der Waals surface area contributed by atoms with E-state index in [1.807, 2.05) is 36.4 Å². The summed E-state index contributed by atoms with van der Waals surface area (Å²) in [7, 11) is 0. The lowest BCUT2D eigenvalue weighted by Gasteiger charge is -2.16. The molecule has 0 radical (unpaired) electrons. The van der Waals surface area contributed by atoms with Crippen molar-refractivity contribution >= 4 is 23.2 Å². The maximum absolute atomic E-state index is 5.98. The van der Waals surface area contributed by atoms with Gasteiger partial charge in [-0.05, 0) is 42.0 Å². The SMILES string of the molecule is NCC(COc1ccc(Cl)cc1)c1cccc(Cl)c1. The highest BCUT2D eigenvalue weighted by molar-refractivity contribution is 6.30. The van der Waals surface area contributed by atoms with E-state index in [4.69, 9.17) is 33.7 Å². The van der Waals surface area contributed by atoms with Gasteiger partial charge in [0.2, 0.25) is 0 Å². The molecule has 0 fully saturated rings. The summed E-state index contributed by atoms with van der Waals surface area (Å²) in [5.41, 5.74) is 6.89. The molecule has 0 saturated carbocycles. The van der Waals surface area contributed by atoms with Crippen molar-refractivity contribution < 1.29 is 4.74 Å². The molecule has 1 unspecified atom stereocenters. The van der Waals surface area contributed by atoms with Crippen LogP contribution >= 0.6 is 23.2 Å². The van der Waals surface area contributed by atoms with E-state index in [0.29, 0.717) is 23.2 Å². The van der Waals surface area contributed by atoms with Gasteiger partial charge in [-0.2, -0.15) is 0 Å². The maximum atomic E-state index is 5.98. The largest absolute Gasteiger partial charge is 0.493 e. The zero-order valence-electron chi connectivity index (χ0n) is 10.4. The lowest BCUT2D eigenvalue weighted by atomic mass is 10.0. The molecule has 4 heteroatoms. The molecule has 1 atom stereocenters. The minimum Gasteiger partial charge on any atom is -0.493 e. The summed E-state index contributed by atoms with van der Waals surface area (Å²) in [5, 5.41) is 1.40. The molecule has 0 aliphatic heterocycles. The van der Waals surface area contributed by atoms with Crippen LogP contribution in [0.4, 0.5) is 0 Å². The van der Waals surface area contributed by atoms with E-state index in [9.17, 15) is 0 Å². The van der Waals surface area contributed by atoms with E-state index in [0.717, 1.165) is 11.3 Å². The summed E-state index contributed by atoms with van der Waals surface area (Å²) in [6, 6.07) is 15.0. The zero-order valence-corrected chi connectivity index (χ0v) is 11.9. The number of hydrogen-bond donors (Lipinski definition) is 1. The highest BCUT2D eigenvalue weighted by Crippen LogP contribution is 2.21. The first-order valence-electron chi connectivity index (χ1n) is 6.03. The fourth-order valence-electron chi connectivity index (χ4n) is 1.79. The second-order valence-corrected chi connectivity index (χ2v) is 5.13. The van der Waals surface area contributed by atoms with Crippen LogP contribution in [-0.2, 0) is 0 Å². The molecule has 19 heavy (non-hydrogen) atoms. The Balaban J connectivity index is 2.01. The summed E-state index contributed by atoms with van der Waals surface area (Å²) < 4.78 is 5.73. The van der Waals surface area contributed by atoms with E-state index in [1.54, 1.807) is 12.1 Å². The Kier molecular flexibility index (Phi) is 5.08. The Bertz CT molecular complexity index is 528.